The van der Waals surface area contributed by atoms with Crippen molar-refractivity contribution in [2.24, 2.45) is 46.3 Å². The molecule has 0 spiro atoms. The Morgan fingerprint density at radius 3 is 2.43 bits per heavy atom. The van der Waals surface area contributed by atoms with Gasteiger partial charge in [-0.1, -0.05) is 95.9 Å². The van der Waals surface area contributed by atoms with Gasteiger partial charge in [-0.3, -0.25) is 9.05 Å². The Hall–Kier alpha value is -1.74. The van der Waals surface area contributed by atoms with E-state index in [1.807, 2.05) is 51.5 Å². The van der Waals surface area contributed by atoms with Gasteiger partial charge in [-0.15, -0.1) is 0 Å². The molecule has 10 atom stereocenters. The zero-order valence-corrected chi connectivity index (χ0v) is 35.0. The highest BCUT2D eigenvalue weighted by atomic mass is 31.2. The van der Waals surface area contributed by atoms with E-state index in [1.165, 1.54) is 50.5 Å². The first-order valence-corrected chi connectivity index (χ1v) is 22.1. The molecule has 300 valence electrons. The molecule has 0 aliphatic heterocycles. The van der Waals surface area contributed by atoms with Crippen molar-refractivity contribution in [3.05, 3.63) is 47.5 Å². The van der Waals surface area contributed by atoms with Crippen LogP contribution in [0.2, 0.25) is 0 Å². The normalized spacial score (nSPS) is 32.1. The van der Waals surface area contributed by atoms with Gasteiger partial charge in [0.1, 0.15) is 32.0 Å². The molecule has 4 aliphatic rings. The number of likely N-dealkylation sites (N-methyl/N-ethyl adjacent to an activating group) is 1. The van der Waals surface area contributed by atoms with Crippen molar-refractivity contribution in [1.82, 2.24) is 0 Å². The molecule has 9 nitrogen and oxygen atoms in total. The second-order valence-electron chi connectivity index (χ2n) is 18.9. The summed E-state index contributed by atoms with van der Waals surface area (Å²) >= 11 is 0. The zero-order valence-electron chi connectivity index (χ0n) is 34.1. The molecule has 5 rings (SSSR count). The predicted octanol–water partition coefficient (Wildman–Crippen LogP) is 9.97. The van der Waals surface area contributed by atoms with Gasteiger partial charge in [0, 0.05) is 6.42 Å². The van der Waals surface area contributed by atoms with E-state index in [4.69, 9.17) is 23.3 Å². The van der Waals surface area contributed by atoms with Crippen LogP contribution < -0.4 is 0 Å². The monoisotopic (exact) mass is 760 g/mol. The number of allylic oxidation sites excluding steroid dienone is 1. The Morgan fingerprint density at radius 1 is 0.962 bits per heavy atom. The van der Waals surface area contributed by atoms with Gasteiger partial charge < -0.3 is 23.6 Å². The average molecular weight is 761 g/mol. The summed E-state index contributed by atoms with van der Waals surface area (Å²) in [5.74, 6) is 4.72. The number of hydrogen-bond donors (Lipinski definition) is 1. The molecule has 4 aliphatic carbocycles. The van der Waals surface area contributed by atoms with Crippen molar-refractivity contribution in [3.63, 3.8) is 0 Å². The fourth-order valence-electron chi connectivity index (χ4n) is 10.7. The second-order valence-corrected chi connectivity index (χ2v) is 20.3. The van der Waals surface area contributed by atoms with E-state index in [0.29, 0.717) is 22.4 Å². The van der Waals surface area contributed by atoms with Crippen molar-refractivity contribution in [2.75, 3.05) is 47.5 Å². The van der Waals surface area contributed by atoms with Crippen LogP contribution in [-0.2, 0) is 34.4 Å². The topological polar surface area (TPSA) is 101 Å². The van der Waals surface area contributed by atoms with E-state index in [2.05, 4.69) is 40.7 Å². The molecule has 1 aromatic rings. The Kier molecular flexibility index (Phi) is 14.4. The second kappa shape index (κ2) is 18.0. The Bertz CT molecular complexity index is 1410. The van der Waals surface area contributed by atoms with E-state index < -0.39 is 20.1 Å². The number of nitrogens with zero attached hydrogens (tertiary/aromatic N) is 1. The maximum Gasteiger partial charge on any atom is 0.508 e. The third-order valence-corrected chi connectivity index (χ3v) is 14.7. The number of fused-ring (bicyclic) bond motifs is 5. The summed E-state index contributed by atoms with van der Waals surface area (Å²) in [7, 11) is 1.58. The summed E-state index contributed by atoms with van der Waals surface area (Å²) in [4.78, 5) is 23.3. The SMILES string of the molecule is CC(C)CCC[C@@H](C)[C@H]1CCC2C3CC=C4C[C@@H](OC(=O)OCC(COP(=O)(O)OCC[N+](C)(C)C)OCc5ccccc5)CC[C@]4(C)C3CC[C@@]21C. The van der Waals surface area contributed by atoms with Crippen LogP contribution in [0.25, 0.3) is 0 Å². The highest BCUT2D eigenvalue weighted by Crippen LogP contribution is 2.67. The molecule has 0 saturated heterocycles. The average Bonchev–Trinajstić information content (AvgIpc) is 3.45. The fourth-order valence-corrected chi connectivity index (χ4v) is 11.4. The number of ether oxygens (including phenoxy) is 3. The molecule has 0 bridgehead atoms. The molecule has 5 unspecified atom stereocenters. The van der Waals surface area contributed by atoms with Crippen LogP contribution in [0.3, 0.4) is 0 Å². The van der Waals surface area contributed by atoms with Gasteiger partial charge in [-0.2, -0.15) is 0 Å². The molecule has 3 saturated carbocycles. The lowest BCUT2D eigenvalue weighted by Crippen LogP contribution is -2.51. The van der Waals surface area contributed by atoms with E-state index in [0.717, 1.165) is 60.8 Å². The van der Waals surface area contributed by atoms with Crippen LogP contribution in [0.4, 0.5) is 4.79 Å². The van der Waals surface area contributed by atoms with E-state index in [9.17, 15) is 14.3 Å². The summed E-state index contributed by atoms with van der Waals surface area (Å²) in [5, 5.41) is 0. The fraction of sp³-hybridized carbons (Fsp3) is 0.791. The smallest absolute Gasteiger partial charge is 0.431 e. The number of rotatable bonds is 18. The minimum atomic E-state index is -4.33. The Labute approximate surface area is 320 Å². The van der Waals surface area contributed by atoms with Gasteiger partial charge >= 0.3 is 14.0 Å². The summed E-state index contributed by atoms with van der Waals surface area (Å²) in [6, 6.07) is 9.57. The molecule has 10 heteroatoms. The number of phosphoric ester groups is 1. The summed E-state index contributed by atoms with van der Waals surface area (Å²) in [6.45, 7) is 12.7. The first-order valence-electron chi connectivity index (χ1n) is 20.6. The van der Waals surface area contributed by atoms with Crippen LogP contribution in [0, 0.1) is 46.3 Å². The predicted molar refractivity (Wildman–Crippen MR) is 209 cm³/mol. The maximum absolute atomic E-state index is 13.0. The molecule has 3 fully saturated rings. The quantitative estimate of drug-likeness (QED) is 0.0683. The molecule has 1 N–H and O–H groups in total. The van der Waals surface area contributed by atoms with Gasteiger partial charge in [-0.05, 0) is 96.8 Å². The number of carbonyl (C=O) groups excluding carboxylic acids is 1. The van der Waals surface area contributed by atoms with Crippen molar-refractivity contribution >= 4 is 14.0 Å². The molecule has 53 heavy (non-hydrogen) atoms. The Morgan fingerprint density at radius 2 is 1.72 bits per heavy atom. The molecular weight excluding hydrogens is 689 g/mol. The van der Waals surface area contributed by atoms with Gasteiger partial charge in [0.2, 0.25) is 0 Å². The van der Waals surface area contributed by atoms with Gasteiger partial charge in [0.05, 0.1) is 34.4 Å². The Balaban J connectivity index is 1.13. The standard InChI is InChI=1S/C43H70NO8P/c1-31(2)13-12-14-32(3)38-19-20-39-37-18-17-34-27-35(21-23-42(34,4)40(37)22-24-43(38,39)5)52-41(45)49-29-36(48-28-33-15-10-9-11-16-33)30-51-53(46,47)50-26-25-44(6,7)8/h9-11,15-17,31-32,35-40H,12-14,18-30H2,1-8H3/p+1/t32-,35+,36?,37?,38-,39?,40?,42+,43-/m1/s1. The third kappa shape index (κ3) is 11.2. The first kappa shape index (κ1) is 42.4. The highest BCUT2D eigenvalue weighted by molar-refractivity contribution is 7.47. The maximum atomic E-state index is 13.0. The van der Waals surface area contributed by atoms with Crippen molar-refractivity contribution < 1.29 is 42.0 Å². The number of hydrogen-bond acceptors (Lipinski definition) is 7. The van der Waals surface area contributed by atoms with Crippen LogP contribution in [-0.4, -0.2) is 75.2 Å². The first-order chi connectivity index (χ1) is 25.0. The number of quaternary nitrogens is 1. The van der Waals surface area contributed by atoms with Crippen molar-refractivity contribution in [3.8, 4) is 0 Å². The number of carbonyl (C=O) groups is 1. The molecule has 0 aromatic heterocycles. The minimum absolute atomic E-state index is 0.0618. The van der Waals surface area contributed by atoms with E-state index in [1.54, 1.807) is 0 Å². The molecule has 0 heterocycles. The summed E-state index contributed by atoms with van der Waals surface area (Å²) in [5.41, 5.74) is 3.01. The van der Waals surface area contributed by atoms with Crippen LogP contribution in [0.5, 0.6) is 0 Å². The highest BCUT2D eigenvalue weighted by Gasteiger charge is 2.59. The molecule has 0 radical (unpaired) electrons. The summed E-state index contributed by atoms with van der Waals surface area (Å²) < 4.78 is 41.1. The van der Waals surface area contributed by atoms with Crippen LogP contribution >= 0.6 is 7.82 Å². The minimum Gasteiger partial charge on any atom is -0.431 e. The zero-order chi connectivity index (χ0) is 38.4. The van der Waals surface area contributed by atoms with E-state index in [-0.39, 0.29) is 37.9 Å². The van der Waals surface area contributed by atoms with Gasteiger partial charge in [0.15, 0.2) is 0 Å². The number of benzene rings is 1. The van der Waals surface area contributed by atoms with Crippen LogP contribution in [0.1, 0.15) is 111 Å². The molecule has 1 aromatic carbocycles. The number of phosphoric acid groups is 1. The van der Waals surface area contributed by atoms with Crippen molar-refractivity contribution in [2.45, 2.75) is 124 Å². The van der Waals surface area contributed by atoms with Crippen molar-refractivity contribution in [1.29, 1.82) is 0 Å². The molecular formula is C43H71NO8P+. The molecule has 0 amide bonds. The van der Waals surface area contributed by atoms with Gasteiger partial charge in [0.25, 0.3) is 0 Å². The lowest BCUT2D eigenvalue weighted by molar-refractivity contribution is -0.870. The van der Waals surface area contributed by atoms with E-state index >= 15 is 0 Å². The van der Waals surface area contributed by atoms with Crippen LogP contribution in [0.15, 0.2) is 42.0 Å². The van der Waals surface area contributed by atoms with Gasteiger partial charge in [-0.25, -0.2) is 9.36 Å². The summed E-state index contributed by atoms with van der Waals surface area (Å²) in [6.07, 6.45) is 14.0. The lowest BCUT2D eigenvalue weighted by atomic mass is 9.47. The third-order valence-electron chi connectivity index (χ3n) is 13.7. The largest absolute Gasteiger partial charge is 0.508 e. The lowest BCUT2D eigenvalue weighted by Gasteiger charge is -2.58.